The molecule has 0 fully saturated rings. The first kappa shape index (κ1) is 15.1. The zero-order chi connectivity index (χ0) is 15.7. The quantitative estimate of drug-likeness (QED) is 0.873. The lowest BCUT2D eigenvalue weighted by Gasteiger charge is -2.27. The van der Waals surface area contributed by atoms with Crippen LogP contribution in [0.2, 0.25) is 5.28 Å². The van der Waals surface area contributed by atoms with Crippen LogP contribution < -0.4 is 0 Å². The van der Waals surface area contributed by atoms with Gasteiger partial charge in [0, 0.05) is 26.4 Å². The minimum Gasteiger partial charge on any atom is -0.336 e. The van der Waals surface area contributed by atoms with Gasteiger partial charge in [-0.15, -0.1) is 0 Å². The molecule has 0 radical (unpaired) electrons. The van der Waals surface area contributed by atoms with Gasteiger partial charge in [0.2, 0.25) is 11.2 Å². The van der Waals surface area contributed by atoms with Gasteiger partial charge in [-0.3, -0.25) is 4.79 Å². The number of carbonyl (C=O) groups excluding carboxylic acids is 1. The van der Waals surface area contributed by atoms with Crippen LogP contribution in [0.25, 0.3) is 0 Å². The van der Waals surface area contributed by atoms with Gasteiger partial charge in [-0.05, 0) is 30.5 Å². The summed E-state index contributed by atoms with van der Waals surface area (Å²) < 4.78 is 1.87. The summed E-state index contributed by atoms with van der Waals surface area (Å²) in [5.41, 5.74) is 4.53. The van der Waals surface area contributed by atoms with Gasteiger partial charge in [-0.2, -0.15) is 0 Å². The third-order valence-electron chi connectivity index (χ3n) is 4.26. The van der Waals surface area contributed by atoms with E-state index in [1.807, 2.05) is 22.6 Å². The van der Waals surface area contributed by atoms with Crippen molar-refractivity contribution in [3.63, 3.8) is 0 Å². The first-order valence-electron chi connectivity index (χ1n) is 7.58. The fourth-order valence-electron chi connectivity index (χ4n) is 2.94. The van der Waals surface area contributed by atoms with E-state index in [-0.39, 0.29) is 5.91 Å². The van der Waals surface area contributed by atoms with Crippen molar-refractivity contribution < 1.29 is 4.79 Å². The van der Waals surface area contributed by atoms with Crippen LogP contribution in [-0.2, 0) is 31.2 Å². The van der Waals surface area contributed by atoms with Gasteiger partial charge in [-0.25, -0.2) is 4.98 Å². The molecule has 0 saturated carbocycles. The largest absolute Gasteiger partial charge is 0.336 e. The van der Waals surface area contributed by atoms with Crippen LogP contribution in [0, 0.1) is 6.92 Å². The van der Waals surface area contributed by atoms with Gasteiger partial charge in [0.05, 0.1) is 17.9 Å². The molecule has 0 unspecified atom stereocenters. The maximum absolute atomic E-state index is 12.4. The topological polar surface area (TPSA) is 38.1 Å². The van der Waals surface area contributed by atoms with Crippen LogP contribution in [0.3, 0.4) is 0 Å². The molecule has 0 aliphatic carbocycles. The van der Waals surface area contributed by atoms with Crippen molar-refractivity contribution in [2.75, 3.05) is 6.54 Å². The van der Waals surface area contributed by atoms with E-state index < -0.39 is 0 Å². The van der Waals surface area contributed by atoms with E-state index in [4.69, 9.17) is 11.6 Å². The number of halogens is 1. The number of aromatic nitrogens is 2. The normalized spacial score (nSPS) is 14.0. The minimum atomic E-state index is 0.199. The number of hydrogen-bond acceptors (Lipinski definition) is 2. The van der Waals surface area contributed by atoms with Crippen LogP contribution in [0.5, 0.6) is 0 Å². The number of aryl methyl sites for hydroxylation is 2. The number of hydrogen-bond donors (Lipinski definition) is 0. The molecule has 1 aliphatic rings. The Balaban J connectivity index is 1.63. The molecule has 0 saturated heterocycles. The van der Waals surface area contributed by atoms with Crippen LogP contribution in [0.1, 0.15) is 28.9 Å². The third kappa shape index (κ3) is 3.02. The highest BCUT2D eigenvalue weighted by atomic mass is 35.5. The maximum atomic E-state index is 12.4. The van der Waals surface area contributed by atoms with Crippen molar-refractivity contribution in [2.24, 2.45) is 7.05 Å². The predicted molar refractivity (Wildman–Crippen MR) is 86.8 cm³/mol. The highest BCUT2D eigenvalue weighted by molar-refractivity contribution is 6.28. The maximum Gasteiger partial charge on any atom is 0.223 e. The molecule has 116 valence electrons. The SMILES string of the molecule is Cc1cccc(CCC(=O)N2CCc3nc(Cl)n(C)c3C2)c1. The molecular weight excluding hydrogens is 298 g/mol. The highest BCUT2D eigenvalue weighted by Gasteiger charge is 2.24. The molecule has 1 aliphatic heterocycles. The van der Waals surface area contributed by atoms with E-state index in [0.717, 1.165) is 30.8 Å². The van der Waals surface area contributed by atoms with E-state index in [2.05, 4.69) is 30.1 Å². The summed E-state index contributed by atoms with van der Waals surface area (Å²) in [6.07, 6.45) is 2.12. The van der Waals surface area contributed by atoms with Crippen LogP contribution in [0.15, 0.2) is 24.3 Å². The monoisotopic (exact) mass is 317 g/mol. The molecule has 0 N–H and O–H groups in total. The molecule has 4 nitrogen and oxygen atoms in total. The molecule has 5 heteroatoms. The lowest BCUT2D eigenvalue weighted by molar-refractivity contribution is -0.132. The first-order valence-corrected chi connectivity index (χ1v) is 7.95. The molecule has 22 heavy (non-hydrogen) atoms. The molecule has 1 amide bonds. The number of imidazole rings is 1. The van der Waals surface area contributed by atoms with Crippen molar-refractivity contribution in [1.29, 1.82) is 0 Å². The molecule has 2 heterocycles. The average Bonchev–Trinajstić information content (AvgIpc) is 2.79. The zero-order valence-corrected chi connectivity index (χ0v) is 13.7. The second kappa shape index (κ2) is 6.13. The summed E-state index contributed by atoms with van der Waals surface area (Å²) in [5, 5.41) is 0.499. The molecule has 0 atom stereocenters. The standard InChI is InChI=1S/C17H20ClN3O/c1-12-4-3-5-13(10-12)6-7-16(22)21-9-8-14-15(11-21)20(2)17(18)19-14/h3-5,10H,6-9,11H2,1-2H3. The van der Waals surface area contributed by atoms with Crippen molar-refractivity contribution in [3.05, 3.63) is 52.1 Å². The Hall–Kier alpha value is -1.81. The lowest BCUT2D eigenvalue weighted by Crippen LogP contribution is -2.36. The summed E-state index contributed by atoms with van der Waals surface area (Å²) in [7, 11) is 1.90. The molecule has 0 bridgehead atoms. The molecule has 3 rings (SSSR count). The number of benzene rings is 1. The van der Waals surface area contributed by atoms with E-state index >= 15 is 0 Å². The summed E-state index contributed by atoms with van der Waals surface area (Å²) >= 11 is 6.05. The number of carbonyl (C=O) groups is 1. The van der Waals surface area contributed by atoms with Crippen molar-refractivity contribution in [3.8, 4) is 0 Å². The van der Waals surface area contributed by atoms with Crippen molar-refractivity contribution in [1.82, 2.24) is 14.5 Å². The fraction of sp³-hybridized carbons (Fsp3) is 0.412. The van der Waals surface area contributed by atoms with Gasteiger partial charge in [-0.1, -0.05) is 29.8 Å². The van der Waals surface area contributed by atoms with E-state index in [9.17, 15) is 4.79 Å². The lowest BCUT2D eigenvalue weighted by atomic mass is 10.1. The first-order chi connectivity index (χ1) is 10.5. The Morgan fingerprint density at radius 3 is 3.00 bits per heavy atom. The van der Waals surface area contributed by atoms with Crippen molar-refractivity contribution in [2.45, 2.75) is 32.7 Å². The Bertz CT molecular complexity index is 708. The smallest absolute Gasteiger partial charge is 0.223 e. The fourth-order valence-corrected chi connectivity index (χ4v) is 3.15. The summed E-state index contributed by atoms with van der Waals surface area (Å²) in [6.45, 7) is 3.41. The van der Waals surface area contributed by atoms with Gasteiger partial charge in [0.25, 0.3) is 0 Å². The highest BCUT2D eigenvalue weighted by Crippen LogP contribution is 2.22. The van der Waals surface area contributed by atoms with Crippen LogP contribution >= 0.6 is 11.6 Å². The zero-order valence-electron chi connectivity index (χ0n) is 13.0. The summed E-state index contributed by atoms with van der Waals surface area (Å²) in [6, 6.07) is 8.33. The number of nitrogens with zero attached hydrogens (tertiary/aromatic N) is 3. The van der Waals surface area contributed by atoms with Crippen LogP contribution in [-0.4, -0.2) is 26.9 Å². The van der Waals surface area contributed by atoms with E-state index in [1.165, 1.54) is 11.1 Å². The summed E-state index contributed by atoms with van der Waals surface area (Å²) in [5.74, 6) is 0.199. The second-order valence-corrected chi connectivity index (χ2v) is 6.23. The number of fused-ring (bicyclic) bond motifs is 1. The van der Waals surface area contributed by atoms with Crippen molar-refractivity contribution >= 4 is 17.5 Å². The van der Waals surface area contributed by atoms with Gasteiger partial charge < -0.3 is 9.47 Å². The molecule has 1 aromatic carbocycles. The Morgan fingerprint density at radius 1 is 1.41 bits per heavy atom. The molecular formula is C17H20ClN3O. The number of amides is 1. The Kier molecular flexibility index (Phi) is 4.21. The molecule has 1 aromatic heterocycles. The van der Waals surface area contributed by atoms with E-state index in [0.29, 0.717) is 18.2 Å². The second-order valence-electron chi connectivity index (χ2n) is 5.89. The average molecular weight is 318 g/mol. The predicted octanol–water partition coefficient (Wildman–Crippen LogP) is 2.90. The van der Waals surface area contributed by atoms with E-state index in [1.54, 1.807) is 0 Å². The minimum absolute atomic E-state index is 0.199. The Morgan fingerprint density at radius 2 is 2.23 bits per heavy atom. The third-order valence-corrected chi connectivity index (χ3v) is 4.60. The van der Waals surface area contributed by atoms with Crippen LogP contribution in [0.4, 0.5) is 0 Å². The molecule has 2 aromatic rings. The summed E-state index contributed by atoms with van der Waals surface area (Å²) in [4.78, 5) is 18.7. The number of rotatable bonds is 3. The molecule has 0 spiro atoms. The van der Waals surface area contributed by atoms with Gasteiger partial charge in [0.1, 0.15) is 0 Å². The Labute approximate surface area is 135 Å². The van der Waals surface area contributed by atoms with Gasteiger partial charge >= 0.3 is 0 Å². The van der Waals surface area contributed by atoms with Gasteiger partial charge in [0.15, 0.2) is 0 Å².